The fourth-order valence-electron chi connectivity index (χ4n) is 1.87. The summed E-state index contributed by atoms with van der Waals surface area (Å²) < 4.78 is 0. The van der Waals surface area contributed by atoms with Crippen LogP contribution in [0.1, 0.15) is 0 Å². The van der Waals surface area contributed by atoms with E-state index in [2.05, 4.69) is 20.7 Å². The van der Waals surface area contributed by atoms with Gasteiger partial charge in [-0.15, -0.1) is 5.10 Å². The summed E-state index contributed by atoms with van der Waals surface area (Å²) in [5.41, 5.74) is 2.82. The van der Waals surface area contributed by atoms with E-state index in [-0.39, 0.29) is 0 Å². The summed E-state index contributed by atoms with van der Waals surface area (Å²) in [6.07, 6.45) is 1.60. The normalized spacial score (nSPS) is 10.5. The molecule has 0 aliphatic heterocycles. The number of hydrogen-bond donors (Lipinski definition) is 2. The van der Waals surface area contributed by atoms with E-state index in [1.54, 1.807) is 6.20 Å². The van der Waals surface area contributed by atoms with Crippen molar-refractivity contribution in [2.24, 2.45) is 0 Å². The third-order valence-electron chi connectivity index (χ3n) is 2.81. The number of aromatic nitrogens is 3. The smallest absolute Gasteiger partial charge is 0.172 e. The highest BCUT2D eigenvalue weighted by molar-refractivity contribution is 6.33. The Morgan fingerprint density at radius 3 is 2.45 bits per heavy atom. The van der Waals surface area contributed by atoms with Crippen molar-refractivity contribution >= 4 is 34.7 Å². The van der Waals surface area contributed by atoms with E-state index in [4.69, 9.17) is 23.2 Å². The first-order chi connectivity index (χ1) is 9.72. The van der Waals surface area contributed by atoms with Gasteiger partial charge in [0.25, 0.3) is 0 Å². The molecule has 3 aromatic rings. The minimum absolute atomic E-state index is 0.639. The Hall–Kier alpha value is -2.04. The molecule has 0 spiro atoms. The molecule has 6 heteroatoms. The van der Waals surface area contributed by atoms with Crippen molar-refractivity contribution < 1.29 is 0 Å². The zero-order valence-electron chi connectivity index (χ0n) is 10.3. The average molecular weight is 305 g/mol. The quantitative estimate of drug-likeness (QED) is 0.748. The molecule has 2 aromatic carbocycles. The summed E-state index contributed by atoms with van der Waals surface area (Å²) in [6, 6.07) is 13.3. The Labute approximate surface area is 125 Å². The summed E-state index contributed by atoms with van der Waals surface area (Å²) >= 11 is 12.2. The lowest BCUT2D eigenvalue weighted by molar-refractivity contribution is 0.942. The molecular weight excluding hydrogens is 295 g/mol. The second-order valence-corrected chi connectivity index (χ2v) is 5.03. The number of anilines is 2. The number of halogens is 2. The van der Waals surface area contributed by atoms with Gasteiger partial charge in [0.2, 0.25) is 0 Å². The van der Waals surface area contributed by atoms with Crippen molar-refractivity contribution in [2.45, 2.75) is 0 Å². The van der Waals surface area contributed by atoms with Gasteiger partial charge in [-0.25, -0.2) is 0 Å². The lowest BCUT2D eigenvalue weighted by Crippen LogP contribution is -1.91. The molecular formula is C14H10Cl2N4. The highest BCUT2D eigenvalue weighted by Crippen LogP contribution is 2.31. The van der Waals surface area contributed by atoms with E-state index >= 15 is 0 Å². The highest BCUT2D eigenvalue weighted by Gasteiger charge is 2.05. The topological polar surface area (TPSA) is 53.6 Å². The zero-order valence-corrected chi connectivity index (χ0v) is 11.8. The van der Waals surface area contributed by atoms with Crippen molar-refractivity contribution in [2.75, 3.05) is 5.32 Å². The Kier molecular flexibility index (Phi) is 3.58. The monoisotopic (exact) mass is 304 g/mol. The number of rotatable bonds is 3. The van der Waals surface area contributed by atoms with E-state index in [1.165, 1.54) is 0 Å². The van der Waals surface area contributed by atoms with Crippen LogP contribution in [0.25, 0.3) is 11.1 Å². The number of hydrogen-bond acceptors (Lipinski definition) is 3. The summed E-state index contributed by atoms with van der Waals surface area (Å²) in [7, 11) is 0. The Bertz CT molecular complexity index is 709. The van der Waals surface area contributed by atoms with Crippen molar-refractivity contribution in [3.63, 3.8) is 0 Å². The maximum atomic E-state index is 6.33. The van der Waals surface area contributed by atoms with Gasteiger partial charge >= 0.3 is 0 Å². The van der Waals surface area contributed by atoms with Crippen LogP contribution in [0.4, 0.5) is 11.5 Å². The molecule has 0 aliphatic rings. The van der Waals surface area contributed by atoms with Crippen LogP contribution in [0.15, 0.2) is 48.7 Å². The van der Waals surface area contributed by atoms with E-state index in [0.717, 1.165) is 16.8 Å². The van der Waals surface area contributed by atoms with Crippen molar-refractivity contribution in [1.82, 2.24) is 15.4 Å². The fourth-order valence-corrected chi connectivity index (χ4v) is 2.28. The van der Waals surface area contributed by atoms with Crippen LogP contribution in [0, 0.1) is 0 Å². The molecule has 1 heterocycles. The van der Waals surface area contributed by atoms with E-state index in [0.29, 0.717) is 15.9 Å². The summed E-state index contributed by atoms with van der Waals surface area (Å²) in [4.78, 5) is 0. The molecule has 3 rings (SSSR count). The van der Waals surface area contributed by atoms with Gasteiger partial charge < -0.3 is 5.32 Å². The maximum absolute atomic E-state index is 6.33. The molecule has 100 valence electrons. The number of nitrogens with zero attached hydrogens (tertiary/aromatic N) is 2. The second-order valence-electron chi connectivity index (χ2n) is 4.18. The first kappa shape index (κ1) is 13.0. The maximum Gasteiger partial charge on any atom is 0.172 e. The predicted molar refractivity (Wildman–Crippen MR) is 81.6 cm³/mol. The molecule has 4 nitrogen and oxygen atoms in total. The van der Waals surface area contributed by atoms with Gasteiger partial charge in [-0.3, -0.25) is 0 Å². The molecule has 0 amide bonds. The van der Waals surface area contributed by atoms with Gasteiger partial charge in [-0.05, 0) is 29.8 Å². The molecule has 0 aliphatic carbocycles. The SMILES string of the molecule is Clc1ccc(-c2ccc(Nc3cn[nH]n3)cc2Cl)cc1. The first-order valence-electron chi connectivity index (χ1n) is 5.91. The van der Waals surface area contributed by atoms with Crippen LogP contribution in [-0.4, -0.2) is 15.4 Å². The van der Waals surface area contributed by atoms with Gasteiger partial charge in [0.15, 0.2) is 5.82 Å². The second kappa shape index (κ2) is 5.53. The van der Waals surface area contributed by atoms with Gasteiger partial charge in [0.1, 0.15) is 0 Å². The lowest BCUT2D eigenvalue weighted by Gasteiger charge is -2.08. The molecule has 0 saturated heterocycles. The van der Waals surface area contributed by atoms with Gasteiger partial charge in [-0.1, -0.05) is 41.4 Å². The molecule has 0 fully saturated rings. The minimum atomic E-state index is 0.639. The van der Waals surface area contributed by atoms with Crippen LogP contribution in [0.3, 0.4) is 0 Å². The molecule has 20 heavy (non-hydrogen) atoms. The Morgan fingerprint density at radius 2 is 1.80 bits per heavy atom. The standard InChI is InChI=1S/C14H10Cl2N4/c15-10-3-1-9(2-4-10)12-6-5-11(7-13(12)16)18-14-8-17-20-19-14/h1-8H,(H2,17,18,19,20). The molecule has 0 bridgehead atoms. The Balaban J connectivity index is 1.89. The molecule has 0 atom stereocenters. The van der Waals surface area contributed by atoms with Crippen LogP contribution in [0.5, 0.6) is 0 Å². The van der Waals surface area contributed by atoms with E-state index in [9.17, 15) is 0 Å². The van der Waals surface area contributed by atoms with Gasteiger partial charge in [0.05, 0.1) is 11.2 Å². The number of H-pyrrole nitrogens is 1. The molecule has 0 radical (unpaired) electrons. The largest absolute Gasteiger partial charge is 0.337 e. The zero-order chi connectivity index (χ0) is 13.9. The minimum Gasteiger partial charge on any atom is -0.337 e. The lowest BCUT2D eigenvalue weighted by atomic mass is 10.1. The summed E-state index contributed by atoms with van der Waals surface area (Å²) in [5, 5.41) is 14.7. The highest BCUT2D eigenvalue weighted by atomic mass is 35.5. The summed E-state index contributed by atoms with van der Waals surface area (Å²) in [6.45, 7) is 0. The molecule has 1 aromatic heterocycles. The number of benzene rings is 2. The van der Waals surface area contributed by atoms with Crippen molar-refractivity contribution in [1.29, 1.82) is 0 Å². The molecule has 2 N–H and O–H groups in total. The molecule has 0 unspecified atom stereocenters. The number of aromatic amines is 1. The van der Waals surface area contributed by atoms with E-state index < -0.39 is 0 Å². The predicted octanol–water partition coefficient (Wildman–Crippen LogP) is 4.52. The third-order valence-corrected chi connectivity index (χ3v) is 3.38. The van der Waals surface area contributed by atoms with Crippen LogP contribution >= 0.6 is 23.2 Å². The molecule has 0 saturated carbocycles. The van der Waals surface area contributed by atoms with Crippen molar-refractivity contribution in [3.05, 3.63) is 58.7 Å². The van der Waals surface area contributed by atoms with E-state index in [1.807, 2.05) is 42.5 Å². The fraction of sp³-hybridized carbons (Fsp3) is 0. The first-order valence-corrected chi connectivity index (χ1v) is 6.66. The number of nitrogens with one attached hydrogen (secondary N) is 2. The average Bonchev–Trinajstić information content (AvgIpc) is 2.93. The third kappa shape index (κ3) is 2.76. The van der Waals surface area contributed by atoms with Gasteiger partial charge in [0, 0.05) is 16.3 Å². The van der Waals surface area contributed by atoms with Crippen LogP contribution in [0.2, 0.25) is 10.0 Å². The van der Waals surface area contributed by atoms with Crippen molar-refractivity contribution in [3.8, 4) is 11.1 Å². The van der Waals surface area contributed by atoms with Crippen LogP contribution in [-0.2, 0) is 0 Å². The summed E-state index contributed by atoms with van der Waals surface area (Å²) in [5.74, 6) is 0.639. The Morgan fingerprint density at radius 1 is 1.00 bits per heavy atom. The van der Waals surface area contributed by atoms with Gasteiger partial charge in [-0.2, -0.15) is 10.3 Å². The van der Waals surface area contributed by atoms with Crippen LogP contribution < -0.4 is 5.32 Å².